The van der Waals surface area contributed by atoms with Crippen LogP contribution in [-0.4, -0.2) is 30.7 Å². The Hall–Kier alpha value is -0.370. The van der Waals surface area contributed by atoms with Crippen LogP contribution in [0.15, 0.2) is 0 Å². The molecule has 9 heavy (non-hydrogen) atoms. The molecule has 0 heterocycles. The largest absolute Gasteiger partial charge is 0.325 e. The van der Waals surface area contributed by atoms with Gasteiger partial charge in [0, 0.05) is 27.9 Å². The molecule has 0 N–H and O–H groups in total. The van der Waals surface area contributed by atoms with Gasteiger partial charge in [0.1, 0.15) is 12.8 Å². The fraction of sp³-hybridized carbons (Fsp3) is 0.857. The first-order chi connectivity index (χ1) is 4.09. The first kappa shape index (κ1) is 8.63. The molecule has 0 rings (SSSR count). The highest BCUT2D eigenvalue weighted by Crippen LogP contribution is 1.88. The van der Waals surface area contributed by atoms with E-state index in [2.05, 4.69) is 18.4 Å². The lowest BCUT2D eigenvalue weighted by Crippen LogP contribution is -2.24. The smallest absolute Gasteiger partial charge is 0.253 e. The maximum Gasteiger partial charge on any atom is 0.253 e. The molecule has 0 aromatic rings. The summed E-state index contributed by atoms with van der Waals surface area (Å²) < 4.78 is 7.16. The number of nitrogens with zero attached hydrogens (tertiary/aromatic N) is 1. The lowest BCUT2D eigenvalue weighted by atomic mass is 10.4. The molecule has 0 fully saturated rings. The summed E-state index contributed by atoms with van der Waals surface area (Å²) in [5, 5.41) is 0. The van der Waals surface area contributed by atoms with E-state index < -0.39 is 0 Å². The van der Waals surface area contributed by atoms with Crippen LogP contribution in [-0.2, 0) is 4.74 Å². The minimum absolute atomic E-state index is 0.190. The van der Waals surface area contributed by atoms with Crippen molar-refractivity contribution < 1.29 is 9.31 Å². The Morgan fingerprint density at radius 1 is 1.44 bits per heavy atom. The van der Waals surface area contributed by atoms with Gasteiger partial charge < -0.3 is 4.74 Å². The monoisotopic (exact) mass is 130 g/mol. The molecule has 1 unspecified atom stereocenters. The van der Waals surface area contributed by atoms with Gasteiger partial charge in [-0.05, 0) is 0 Å². The minimum atomic E-state index is 0.190. The van der Waals surface area contributed by atoms with Crippen LogP contribution in [0.4, 0.5) is 0 Å². The summed E-state index contributed by atoms with van der Waals surface area (Å²) in [6, 6.07) is 0. The van der Waals surface area contributed by atoms with E-state index in [1.165, 1.54) is 5.71 Å². The molecule has 0 aliphatic heterocycles. The van der Waals surface area contributed by atoms with E-state index >= 15 is 0 Å². The lowest BCUT2D eigenvalue weighted by molar-refractivity contribution is -0.582. The number of ether oxygens (including phenoxy) is 1. The van der Waals surface area contributed by atoms with Gasteiger partial charge in [0.15, 0.2) is 0 Å². The molecule has 0 spiro atoms. The summed E-state index contributed by atoms with van der Waals surface area (Å²) in [6.45, 7) is 6.15. The third-order valence-electron chi connectivity index (χ3n) is 1.59. The second-order valence-corrected chi connectivity index (χ2v) is 2.39. The molecule has 2 nitrogen and oxygen atoms in total. The molecule has 2 heteroatoms. The summed E-state index contributed by atoms with van der Waals surface area (Å²) >= 11 is 0. The molecular formula is C7H16NO+. The zero-order valence-corrected chi connectivity index (χ0v) is 6.93. The van der Waals surface area contributed by atoms with E-state index in [0.717, 1.165) is 0 Å². The Morgan fingerprint density at radius 2 is 1.89 bits per heavy atom. The van der Waals surface area contributed by atoms with Gasteiger partial charge in [-0.25, -0.2) is 4.58 Å². The average molecular weight is 130 g/mol. The van der Waals surface area contributed by atoms with Gasteiger partial charge in [-0.1, -0.05) is 0 Å². The number of hydrogen-bond acceptors (Lipinski definition) is 1. The van der Waals surface area contributed by atoms with Crippen molar-refractivity contribution >= 4 is 5.71 Å². The van der Waals surface area contributed by atoms with Crippen molar-refractivity contribution in [2.45, 2.75) is 27.0 Å². The zero-order valence-electron chi connectivity index (χ0n) is 6.93. The van der Waals surface area contributed by atoms with E-state index in [-0.39, 0.29) is 6.23 Å². The zero-order chi connectivity index (χ0) is 7.44. The SMILES string of the molecule is COC(C)[N+](C)=C(C)C. The van der Waals surface area contributed by atoms with E-state index in [4.69, 9.17) is 4.74 Å². The fourth-order valence-corrected chi connectivity index (χ4v) is 0.522. The number of methoxy groups -OCH3 is 1. The van der Waals surface area contributed by atoms with Crippen molar-refractivity contribution in [3.63, 3.8) is 0 Å². The van der Waals surface area contributed by atoms with Crippen molar-refractivity contribution in [3.05, 3.63) is 0 Å². The maximum atomic E-state index is 5.08. The molecule has 0 amide bonds. The summed E-state index contributed by atoms with van der Waals surface area (Å²) in [5.41, 5.74) is 1.27. The van der Waals surface area contributed by atoms with Gasteiger partial charge in [-0.2, -0.15) is 0 Å². The highest BCUT2D eigenvalue weighted by Gasteiger charge is 2.08. The van der Waals surface area contributed by atoms with Crippen LogP contribution >= 0.6 is 0 Å². The second kappa shape index (κ2) is 3.62. The Morgan fingerprint density at radius 3 is 2.00 bits per heavy atom. The fourth-order valence-electron chi connectivity index (χ4n) is 0.522. The number of hydrogen-bond donors (Lipinski definition) is 0. The summed E-state index contributed by atoms with van der Waals surface area (Å²) in [6.07, 6.45) is 0.190. The second-order valence-electron chi connectivity index (χ2n) is 2.39. The van der Waals surface area contributed by atoms with Crippen molar-refractivity contribution in [3.8, 4) is 0 Å². The molecule has 1 atom stereocenters. The minimum Gasteiger partial charge on any atom is -0.325 e. The van der Waals surface area contributed by atoms with Gasteiger partial charge in [-0.15, -0.1) is 0 Å². The number of rotatable bonds is 2. The van der Waals surface area contributed by atoms with Gasteiger partial charge in [0.25, 0.3) is 6.23 Å². The summed E-state index contributed by atoms with van der Waals surface area (Å²) in [7, 11) is 3.73. The summed E-state index contributed by atoms with van der Waals surface area (Å²) in [4.78, 5) is 0. The van der Waals surface area contributed by atoms with Crippen LogP contribution < -0.4 is 0 Å². The van der Waals surface area contributed by atoms with Crippen LogP contribution in [0, 0.1) is 0 Å². The molecule has 0 saturated carbocycles. The van der Waals surface area contributed by atoms with Crippen LogP contribution in [0.3, 0.4) is 0 Å². The van der Waals surface area contributed by atoms with Gasteiger partial charge in [0.05, 0.1) is 0 Å². The van der Waals surface area contributed by atoms with E-state index in [1.807, 2.05) is 14.0 Å². The highest BCUT2D eigenvalue weighted by atomic mass is 16.5. The highest BCUT2D eigenvalue weighted by molar-refractivity contribution is 5.73. The van der Waals surface area contributed by atoms with E-state index in [1.54, 1.807) is 7.11 Å². The molecule has 0 radical (unpaired) electrons. The van der Waals surface area contributed by atoms with Crippen molar-refractivity contribution in [2.24, 2.45) is 0 Å². The molecule has 0 aromatic heterocycles. The molecule has 0 aliphatic rings. The quantitative estimate of drug-likeness (QED) is 0.310. The van der Waals surface area contributed by atoms with Crippen molar-refractivity contribution in [2.75, 3.05) is 14.2 Å². The lowest BCUT2D eigenvalue weighted by Gasteiger charge is -2.05. The van der Waals surface area contributed by atoms with Gasteiger partial charge >= 0.3 is 0 Å². The third-order valence-corrected chi connectivity index (χ3v) is 1.59. The predicted molar refractivity (Wildman–Crippen MR) is 39.0 cm³/mol. The van der Waals surface area contributed by atoms with Gasteiger partial charge in [-0.3, -0.25) is 0 Å². The van der Waals surface area contributed by atoms with Crippen molar-refractivity contribution in [1.82, 2.24) is 0 Å². The molecule has 0 aliphatic carbocycles. The summed E-state index contributed by atoms with van der Waals surface area (Å²) in [5.74, 6) is 0. The van der Waals surface area contributed by atoms with Crippen LogP contribution in [0.5, 0.6) is 0 Å². The van der Waals surface area contributed by atoms with E-state index in [9.17, 15) is 0 Å². The Kier molecular flexibility index (Phi) is 3.47. The topological polar surface area (TPSA) is 12.2 Å². The normalized spacial score (nSPS) is 13.0. The maximum absolute atomic E-state index is 5.08. The van der Waals surface area contributed by atoms with E-state index in [0.29, 0.717) is 0 Å². The first-order valence-corrected chi connectivity index (χ1v) is 3.15. The van der Waals surface area contributed by atoms with Crippen LogP contribution in [0.25, 0.3) is 0 Å². The Bertz CT molecular complexity index is 114. The van der Waals surface area contributed by atoms with Crippen LogP contribution in [0.2, 0.25) is 0 Å². The Labute approximate surface area is 57.1 Å². The molecule has 54 valence electrons. The molecule has 0 aromatic carbocycles. The Balaban J connectivity index is 4.02. The van der Waals surface area contributed by atoms with Crippen LogP contribution in [0.1, 0.15) is 20.8 Å². The molecule has 0 bridgehead atoms. The third kappa shape index (κ3) is 2.61. The van der Waals surface area contributed by atoms with Gasteiger partial charge in [0.2, 0.25) is 0 Å². The predicted octanol–water partition coefficient (Wildman–Crippen LogP) is 1.10. The standard InChI is InChI=1S/C7H16NO/c1-6(2)8(4)7(3)9-5/h7H,1-5H3/q+1. The average Bonchev–Trinajstić information content (AvgIpc) is 1.84. The molecular weight excluding hydrogens is 114 g/mol. The molecule has 0 saturated heterocycles. The van der Waals surface area contributed by atoms with Crippen molar-refractivity contribution in [1.29, 1.82) is 0 Å². The first-order valence-electron chi connectivity index (χ1n) is 3.15.